The smallest absolute Gasteiger partial charge is 0.132 e. The van der Waals surface area contributed by atoms with Crippen molar-refractivity contribution in [3.8, 4) is 6.07 Å². The van der Waals surface area contributed by atoms with Crippen LogP contribution in [0.3, 0.4) is 0 Å². The van der Waals surface area contributed by atoms with E-state index in [0.717, 1.165) is 0 Å². The quantitative estimate of drug-likeness (QED) is 0.696. The van der Waals surface area contributed by atoms with Gasteiger partial charge in [0.15, 0.2) is 0 Å². The van der Waals surface area contributed by atoms with E-state index in [4.69, 9.17) is 16.9 Å². The summed E-state index contributed by atoms with van der Waals surface area (Å²) in [5, 5.41) is 9.34. The number of hydrogen-bond acceptors (Lipinski definition) is 1. The third kappa shape index (κ3) is 1.20. The number of rotatable bonds is 1. The fourth-order valence-electron chi connectivity index (χ4n) is 1.64. The average molecular weight is 210 g/mol. The molecule has 1 aliphatic carbocycles. The van der Waals surface area contributed by atoms with Crippen LogP contribution in [0, 0.1) is 24.1 Å². The van der Waals surface area contributed by atoms with E-state index in [0.29, 0.717) is 29.0 Å². The lowest BCUT2D eigenvalue weighted by molar-refractivity contribution is 0.591. The van der Waals surface area contributed by atoms with Crippen LogP contribution < -0.4 is 0 Å². The maximum Gasteiger partial charge on any atom is 0.132 e. The molecular formula is C11H9ClFN. The molecule has 1 nitrogen and oxygen atoms in total. The summed E-state index contributed by atoms with van der Waals surface area (Å²) in [7, 11) is 0. The SMILES string of the molecule is Cc1ccc(Cl)c(C2(C#N)CC2)c1F. The average Bonchev–Trinajstić information content (AvgIpc) is 2.93. The molecule has 14 heavy (non-hydrogen) atoms. The largest absolute Gasteiger partial charge is 0.206 e. The van der Waals surface area contributed by atoms with E-state index in [9.17, 15) is 4.39 Å². The van der Waals surface area contributed by atoms with Gasteiger partial charge < -0.3 is 0 Å². The first kappa shape index (κ1) is 9.48. The zero-order chi connectivity index (χ0) is 10.3. The van der Waals surface area contributed by atoms with Crippen molar-refractivity contribution in [1.29, 1.82) is 5.26 Å². The van der Waals surface area contributed by atoms with Crippen LogP contribution in [0.4, 0.5) is 4.39 Å². The minimum absolute atomic E-state index is 0.323. The number of hydrogen-bond donors (Lipinski definition) is 0. The summed E-state index contributed by atoms with van der Waals surface area (Å²) < 4.78 is 13.7. The van der Waals surface area contributed by atoms with E-state index >= 15 is 0 Å². The Labute approximate surface area is 87.1 Å². The van der Waals surface area contributed by atoms with Gasteiger partial charge in [0.05, 0.1) is 11.5 Å². The number of benzene rings is 1. The summed E-state index contributed by atoms with van der Waals surface area (Å²) in [5.41, 5.74) is 0.292. The first-order valence-electron chi connectivity index (χ1n) is 4.47. The summed E-state index contributed by atoms with van der Waals surface area (Å²) in [4.78, 5) is 0. The molecular weight excluding hydrogens is 201 g/mol. The summed E-state index contributed by atoms with van der Waals surface area (Å²) >= 11 is 5.91. The van der Waals surface area contributed by atoms with Crippen LogP contribution in [0.5, 0.6) is 0 Å². The molecule has 0 saturated heterocycles. The Kier molecular flexibility index (Phi) is 2.01. The molecule has 0 unspecified atom stereocenters. The van der Waals surface area contributed by atoms with Gasteiger partial charge in [-0.25, -0.2) is 4.39 Å². The highest BCUT2D eigenvalue weighted by atomic mass is 35.5. The standard InChI is InChI=1S/C11H9ClFN/c1-7-2-3-8(12)9(10(7)13)11(6-14)4-5-11/h2-3H,4-5H2,1H3. The lowest BCUT2D eigenvalue weighted by atomic mass is 9.95. The van der Waals surface area contributed by atoms with Crippen molar-refractivity contribution < 1.29 is 4.39 Å². The highest BCUT2D eigenvalue weighted by molar-refractivity contribution is 6.31. The Bertz CT molecular complexity index is 430. The zero-order valence-electron chi connectivity index (χ0n) is 7.77. The third-order valence-electron chi connectivity index (χ3n) is 2.73. The van der Waals surface area contributed by atoms with E-state index < -0.39 is 5.41 Å². The van der Waals surface area contributed by atoms with Crippen LogP contribution in [0.25, 0.3) is 0 Å². The van der Waals surface area contributed by atoms with Gasteiger partial charge in [0.1, 0.15) is 5.82 Å². The normalized spacial score (nSPS) is 17.6. The van der Waals surface area contributed by atoms with Crippen LogP contribution in [-0.2, 0) is 5.41 Å². The molecule has 1 aromatic carbocycles. The third-order valence-corrected chi connectivity index (χ3v) is 3.04. The summed E-state index contributed by atoms with van der Waals surface area (Å²) in [6, 6.07) is 5.45. The van der Waals surface area contributed by atoms with E-state index in [1.807, 2.05) is 0 Å². The maximum absolute atomic E-state index is 13.7. The summed E-state index contributed by atoms with van der Waals surface area (Å²) in [6.07, 6.45) is 1.42. The van der Waals surface area contributed by atoms with E-state index in [1.54, 1.807) is 19.1 Å². The van der Waals surface area contributed by atoms with E-state index in [2.05, 4.69) is 6.07 Å². The van der Waals surface area contributed by atoms with Crippen LogP contribution in [0.1, 0.15) is 24.0 Å². The van der Waals surface area contributed by atoms with Gasteiger partial charge in [-0.1, -0.05) is 17.7 Å². The van der Waals surface area contributed by atoms with Gasteiger partial charge in [0.2, 0.25) is 0 Å². The lowest BCUT2D eigenvalue weighted by Gasteiger charge is -2.11. The number of nitrogens with zero attached hydrogens (tertiary/aromatic N) is 1. The highest BCUT2D eigenvalue weighted by Crippen LogP contribution is 2.51. The number of aryl methyl sites for hydroxylation is 1. The fourth-order valence-corrected chi connectivity index (χ4v) is 1.96. The van der Waals surface area contributed by atoms with Gasteiger partial charge in [0, 0.05) is 10.6 Å². The van der Waals surface area contributed by atoms with Crippen molar-refractivity contribution >= 4 is 11.6 Å². The van der Waals surface area contributed by atoms with Crippen LogP contribution >= 0.6 is 11.6 Å². The molecule has 0 radical (unpaired) electrons. The Morgan fingerprint density at radius 1 is 1.50 bits per heavy atom. The van der Waals surface area contributed by atoms with E-state index in [-0.39, 0.29) is 5.82 Å². The van der Waals surface area contributed by atoms with Crippen molar-refractivity contribution in [2.24, 2.45) is 0 Å². The molecule has 0 atom stereocenters. The second-order valence-electron chi connectivity index (χ2n) is 3.75. The van der Waals surface area contributed by atoms with Gasteiger partial charge >= 0.3 is 0 Å². The molecule has 0 amide bonds. The molecule has 0 heterocycles. The zero-order valence-corrected chi connectivity index (χ0v) is 8.53. The Morgan fingerprint density at radius 3 is 2.64 bits per heavy atom. The molecule has 1 fully saturated rings. The lowest BCUT2D eigenvalue weighted by Crippen LogP contribution is -2.08. The van der Waals surface area contributed by atoms with Crippen LogP contribution in [0.15, 0.2) is 12.1 Å². The molecule has 3 heteroatoms. The predicted octanol–water partition coefficient (Wildman–Crippen LogP) is 3.34. The van der Waals surface area contributed by atoms with Crippen molar-refractivity contribution in [1.82, 2.24) is 0 Å². The van der Waals surface area contributed by atoms with Crippen molar-refractivity contribution in [3.63, 3.8) is 0 Å². The monoisotopic (exact) mass is 209 g/mol. The second kappa shape index (κ2) is 2.96. The molecule has 0 aliphatic heterocycles. The molecule has 72 valence electrons. The number of nitriles is 1. The topological polar surface area (TPSA) is 23.8 Å². The molecule has 0 aromatic heterocycles. The summed E-state index contributed by atoms with van der Waals surface area (Å²) in [6.45, 7) is 1.68. The van der Waals surface area contributed by atoms with E-state index in [1.165, 1.54) is 0 Å². The minimum Gasteiger partial charge on any atom is -0.206 e. The summed E-state index contributed by atoms with van der Waals surface area (Å²) in [5.74, 6) is -0.323. The molecule has 0 bridgehead atoms. The van der Waals surface area contributed by atoms with Gasteiger partial charge in [0.25, 0.3) is 0 Å². The molecule has 1 saturated carbocycles. The van der Waals surface area contributed by atoms with Gasteiger partial charge in [-0.15, -0.1) is 0 Å². The first-order chi connectivity index (χ1) is 6.60. The fraction of sp³-hybridized carbons (Fsp3) is 0.364. The Morgan fingerprint density at radius 2 is 2.14 bits per heavy atom. The van der Waals surface area contributed by atoms with Crippen molar-refractivity contribution in [2.45, 2.75) is 25.2 Å². The number of halogens is 2. The molecule has 1 aromatic rings. The van der Waals surface area contributed by atoms with Gasteiger partial charge in [-0.3, -0.25) is 0 Å². The second-order valence-corrected chi connectivity index (χ2v) is 4.15. The molecule has 0 N–H and O–H groups in total. The van der Waals surface area contributed by atoms with Crippen LogP contribution in [-0.4, -0.2) is 0 Å². The first-order valence-corrected chi connectivity index (χ1v) is 4.85. The van der Waals surface area contributed by atoms with Crippen molar-refractivity contribution in [2.75, 3.05) is 0 Å². The predicted molar refractivity (Wildman–Crippen MR) is 52.7 cm³/mol. The van der Waals surface area contributed by atoms with Crippen LogP contribution in [0.2, 0.25) is 5.02 Å². The molecule has 0 spiro atoms. The molecule has 2 rings (SSSR count). The highest BCUT2D eigenvalue weighted by Gasteiger charge is 2.48. The van der Waals surface area contributed by atoms with Gasteiger partial charge in [-0.05, 0) is 31.4 Å². The molecule has 1 aliphatic rings. The van der Waals surface area contributed by atoms with Crippen molar-refractivity contribution in [3.05, 3.63) is 34.1 Å². The Balaban J connectivity index is 2.64. The van der Waals surface area contributed by atoms with Gasteiger partial charge in [-0.2, -0.15) is 5.26 Å². The minimum atomic E-state index is -0.646. The Hall–Kier alpha value is -1.07. The maximum atomic E-state index is 13.7.